The van der Waals surface area contributed by atoms with Crippen molar-refractivity contribution in [3.05, 3.63) is 102 Å². The Morgan fingerprint density at radius 2 is 1.25 bits per heavy atom. The molecule has 0 aromatic heterocycles. The summed E-state index contributed by atoms with van der Waals surface area (Å²) in [5.74, 6) is 0.550. The van der Waals surface area contributed by atoms with Crippen LogP contribution in [0.15, 0.2) is 84.9 Å². The zero-order chi connectivity index (χ0) is 18.8. The van der Waals surface area contributed by atoms with Crippen molar-refractivity contribution < 1.29 is 4.74 Å². The molecule has 0 amide bonds. The van der Waals surface area contributed by atoms with E-state index in [0.29, 0.717) is 5.92 Å². The molecular formula is C26H27NO. The molecule has 0 radical (unpaired) electrons. The van der Waals surface area contributed by atoms with Gasteiger partial charge in [0, 0.05) is 17.2 Å². The van der Waals surface area contributed by atoms with Gasteiger partial charge in [-0.2, -0.15) is 0 Å². The second-order valence-electron chi connectivity index (χ2n) is 8.04. The Morgan fingerprint density at radius 1 is 0.679 bits per heavy atom. The number of hydrogen-bond acceptors (Lipinski definition) is 2. The molecule has 0 unspecified atom stereocenters. The first kappa shape index (κ1) is 17.5. The van der Waals surface area contributed by atoms with E-state index in [1.54, 1.807) is 0 Å². The summed E-state index contributed by atoms with van der Waals surface area (Å²) in [4.78, 5) is 0. The molecule has 3 aromatic carbocycles. The van der Waals surface area contributed by atoms with Gasteiger partial charge in [-0.25, -0.2) is 0 Å². The van der Waals surface area contributed by atoms with E-state index in [4.69, 9.17) is 4.74 Å². The van der Waals surface area contributed by atoms with Gasteiger partial charge >= 0.3 is 0 Å². The van der Waals surface area contributed by atoms with Crippen molar-refractivity contribution in [2.45, 2.75) is 43.9 Å². The topological polar surface area (TPSA) is 21.3 Å². The maximum absolute atomic E-state index is 7.10. The second-order valence-corrected chi connectivity index (χ2v) is 8.04. The van der Waals surface area contributed by atoms with Crippen LogP contribution in [0, 0.1) is 5.92 Å². The van der Waals surface area contributed by atoms with Crippen molar-refractivity contribution in [2.24, 2.45) is 5.92 Å². The first-order chi connectivity index (χ1) is 13.9. The highest BCUT2D eigenvalue weighted by atomic mass is 16.5. The largest absolute Gasteiger partial charge is 0.360 e. The fourth-order valence-electron chi connectivity index (χ4n) is 4.96. The van der Waals surface area contributed by atoms with Gasteiger partial charge in [0.1, 0.15) is 11.8 Å². The molecule has 28 heavy (non-hydrogen) atoms. The molecule has 1 aliphatic heterocycles. The molecule has 5 rings (SSSR count). The average Bonchev–Trinajstić information content (AvgIpc) is 2.80. The molecule has 1 atom stereocenters. The molecule has 0 spiro atoms. The summed E-state index contributed by atoms with van der Waals surface area (Å²) in [6.45, 7) is 0. The van der Waals surface area contributed by atoms with E-state index in [-0.39, 0.29) is 6.23 Å². The molecule has 1 N–H and O–H groups in total. The quantitative estimate of drug-likeness (QED) is 0.583. The second kappa shape index (κ2) is 7.44. The lowest BCUT2D eigenvalue weighted by atomic mass is 9.77. The third-order valence-electron chi connectivity index (χ3n) is 6.35. The standard InChI is InChI=1S/C26H27NO/c1-4-12-20(13-5-1)25-27-24-19-11-10-18-23(24)26(28-25,21-14-6-2-7-15-21)22-16-8-3-9-17-22/h2-3,6-11,14-20,25,27H,1,4-5,12-13H2/t25-/m0/s1. The number of fused-ring (bicyclic) bond motifs is 1. The van der Waals surface area contributed by atoms with Crippen molar-refractivity contribution in [2.75, 3.05) is 5.32 Å². The zero-order valence-corrected chi connectivity index (χ0v) is 16.2. The van der Waals surface area contributed by atoms with Gasteiger partial charge in [0.05, 0.1) is 0 Å². The molecule has 3 aromatic rings. The van der Waals surface area contributed by atoms with Crippen LogP contribution in [0.2, 0.25) is 0 Å². The molecule has 142 valence electrons. The lowest BCUT2D eigenvalue weighted by Gasteiger charge is -2.47. The van der Waals surface area contributed by atoms with Crippen LogP contribution in [-0.4, -0.2) is 6.23 Å². The molecule has 1 saturated carbocycles. The molecule has 0 saturated heterocycles. The Balaban J connectivity index is 1.71. The number of hydrogen-bond donors (Lipinski definition) is 1. The molecule has 1 heterocycles. The summed E-state index contributed by atoms with van der Waals surface area (Å²) in [6.07, 6.45) is 6.45. The van der Waals surface area contributed by atoms with Gasteiger partial charge in [-0.15, -0.1) is 0 Å². The number of ether oxygens (including phenoxy) is 1. The maximum atomic E-state index is 7.10. The third kappa shape index (κ3) is 2.93. The highest BCUT2D eigenvalue weighted by Crippen LogP contribution is 2.49. The average molecular weight is 370 g/mol. The SMILES string of the molecule is c1ccc(C2(c3ccccc3)O[C@@H](C3CCCCC3)Nc3ccccc32)cc1. The first-order valence-corrected chi connectivity index (χ1v) is 10.5. The summed E-state index contributed by atoms with van der Waals surface area (Å²) in [6, 6.07) is 30.1. The van der Waals surface area contributed by atoms with Crippen LogP contribution in [-0.2, 0) is 10.3 Å². The van der Waals surface area contributed by atoms with Gasteiger partial charge in [0.2, 0.25) is 0 Å². The number of benzene rings is 3. The first-order valence-electron chi connectivity index (χ1n) is 10.5. The van der Waals surface area contributed by atoms with E-state index in [2.05, 4.69) is 90.2 Å². The van der Waals surface area contributed by atoms with Crippen molar-refractivity contribution in [3.8, 4) is 0 Å². The smallest absolute Gasteiger partial charge is 0.148 e. The van der Waals surface area contributed by atoms with E-state index in [1.807, 2.05) is 0 Å². The van der Waals surface area contributed by atoms with Crippen molar-refractivity contribution in [1.82, 2.24) is 0 Å². The van der Waals surface area contributed by atoms with Crippen LogP contribution in [0.5, 0.6) is 0 Å². The van der Waals surface area contributed by atoms with E-state index >= 15 is 0 Å². The van der Waals surface area contributed by atoms with Crippen molar-refractivity contribution in [1.29, 1.82) is 0 Å². The summed E-state index contributed by atoms with van der Waals surface area (Å²) < 4.78 is 7.10. The van der Waals surface area contributed by atoms with Crippen LogP contribution in [0.4, 0.5) is 5.69 Å². The van der Waals surface area contributed by atoms with Gasteiger partial charge in [-0.05, 0) is 30.0 Å². The van der Waals surface area contributed by atoms with Crippen LogP contribution < -0.4 is 5.32 Å². The molecular weight excluding hydrogens is 342 g/mol. The third-order valence-corrected chi connectivity index (χ3v) is 6.35. The minimum absolute atomic E-state index is 0.0237. The maximum Gasteiger partial charge on any atom is 0.148 e. The van der Waals surface area contributed by atoms with E-state index < -0.39 is 5.60 Å². The highest BCUT2D eigenvalue weighted by molar-refractivity contribution is 5.63. The number of para-hydroxylation sites is 1. The summed E-state index contributed by atoms with van der Waals surface area (Å²) >= 11 is 0. The van der Waals surface area contributed by atoms with E-state index in [9.17, 15) is 0 Å². The molecule has 2 nitrogen and oxygen atoms in total. The lowest BCUT2D eigenvalue weighted by molar-refractivity contribution is -0.0736. The van der Waals surface area contributed by atoms with Crippen LogP contribution in [0.25, 0.3) is 0 Å². The summed E-state index contributed by atoms with van der Waals surface area (Å²) in [7, 11) is 0. The van der Waals surface area contributed by atoms with E-state index in [0.717, 1.165) is 0 Å². The van der Waals surface area contributed by atoms with Gasteiger partial charge in [0.15, 0.2) is 0 Å². The Bertz CT molecular complexity index is 876. The predicted molar refractivity (Wildman–Crippen MR) is 114 cm³/mol. The van der Waals surface area contributed by atoms with Gasteiger partial charge < -0.3 is 10.1 Å². The molecule has 2 heteroatoms. The molecule has 2 aliphatic rings. The predicted octanol–water partition coefficient (Wildman–Crippen LogP) is 6.33. The summed E-state index contributed by atoms with van der Waals surface area (Å²) in [5.41, 5.74) is 4.18. The lowest BCUT2D eigenvalue weighted by Crippen LogP contribution is -2.47. The molecule has 0 bridgehead atoms. The van der Waals surface area contributed by atoms with Gasteiger partial charge in [-0.1, -0.05) is 98.1 Å². The van der Waals surface area contributed by atoms with Crippen molar-refractivity contribution in [3.63, 3.8) is 0 Å². The fraction of sp³-hybridized carbons (Fsp3) is 0.308. The monoisotopic (exact) mass is 369 g/mol. The van der Waals surface area contributed by atoms with Gasteiger partial charge in [0.25, 0.3) is 0 Å². The van der Waals surface area contributed by atoms with Crippen LogP contribution in [0.1, 0.15) is 48.8 Å². The minimum Gasteiger partial charge on any atom is -0.360 e. The number of anilines is 1. The van der Waals surface area contributed by atoms with Crippen molar-refractivity contribution >= 4 is 5.69 Å². The molecule has 1 fully saturated rings. The Hall–Kier alpha value is -2.58. The number of rotatable bonds is 3. The number of nitrogens with one attached hydrogen (secondary N) is 1. The van der Waals surface area contributed by atoms with Gasteiger partial charge in [-0.3, -0.25) is 0 Å². The highest BCUT2D eigenvalue weighted by Gasteiger charge is 2.46. The van der Waals surface area contributed by atoms with E-state index in [1.165, 1.54) is 54.5 Å². The normalized spacial score (nSPS) is 21.5. The zero-order valence-electron chi connectivity index (χ0n) is 16.2. The fourth-order valence-corrected chi connectivity index (χ4v) is 4.96. The Labute approximate surface area is 167 Å². The Kier molecular flexibility index (Phi) is 4.66. The summed E-state index contributed by atoms with van der Waals surface area (Å²) in [5, 5.41) is 3.74. The minimum atomic E-state index is -0.591. The molecule has 1 aliphatic carbocycles. The van der Waals surface area contributed by atoms with Crippen LogP contribution in [0.3, 0.4) is 0 Å². The van der Waals surface area contributed by atoms with Crippen LogP contribution >= 0.6 is 0 Å². The Morgan fingerprint density at radius 3 is 1.89 bits per heavy atom.